The summed E-state index contributed by atoms with van der Waals surface area (Å²) in [4.78, 5) is 15.4. The zero-order valence-electron chi connectivity index (χ0n) is 14.9. The summed E-state index contributed by atoms with van der Waals surface area (Å²) in [6.45, 7) is 3.18. The summed E-state index contributed by atoms with van der Waals surface area (Å²) in [7, 11) is 0. The lowest BCUT2D eigenvalue weighted by atomic mass is 10.00. The van der Waals surface area contributed by atoms with Crippen LogP contribution >= 0.6 is 0 Å². The fourth-order valence-electron chi connectivity index (χ4n) is 4.14. The molecule has 2 aromatic carbocycles. The first kappa shape index (κ1) is 16.3. The number of fused-ring (bicyclic) bond motifs is 4. The number of nitrogens with zero attached hydrogens (tertiary/aromatic N) is 3. The molecule has 0 unspecified atom stereocenters. The first-order valence-electron chi connectivity index (χ1n) is 9.29. The van der Waals surface area contributed by atoms with E-state index in [-0.39, 0.29) is 11.4 Å². The Bertz CT molecular complexity index is 1210. The summed E-state index contributed by atoms with van der Waals surface area (Å²) in [6.07, 6.45) is 2.88. The molecule has 4 nitrogen and oxygen atoms in total. The smallest absolute Gasteiger partial charge is 0.275 e. The van der Waals surface area contributed by atoms with E-state index in [9.17, 15) is 9.18 Å². The van der Waals surface area contributed by atoms with Gasteiger partial charge in [0.2, 0.25) is 0 Å². The maximum Gasteiger partial charge on any atom is 0.275 e. The van der Waals surface area contributed by atoms with Crippen LogP contribution in [0.3, 0.4) is 0 Å². The SMILES string of the molecule is O=c1c2cccn2c2ccc(F)cc2n1CCN1CCc2ccccc2C1. The van der Waals surface area contributed by atoms with E-state index in [0.29, 0.717) is 17.6 Å². The fraction of sp³-hybridized carbons (Fsp3) is 0.227. The Kier molecular flexibility index (Phi) is 3.83. The number of hydrogen-bond donors (Lipinski definition) is 0. The molecule has 0 aliphatic carbocycles. The van der Waals surface area contributed by atoms with Crippen molar-refractivity contribution in [2.45, 2.75) is 19.5 Å². The van der Waals surface area contributed by atoms with Gasteiger partial charge in [0.15, 0.2) is 0 Å². The van der Waals surface area contributed by atoms with E-state index < -0.39 is 0 Å². The molecule has 5 heteroatoms. The third kappa shape index (κ3) is 2.75. The quantitative estimate of drug-likeness (QED) is 0.559. The lowest BCUT2D eigenvalue weighted by molar-refractivity contribution is 0.244. The van der Waals surface area contributed by atoms with E-state index in [2.05, 4.69) is 29.2 Å². The molecule has 0 saturated carbocycles. The third-order valence-electron chi connectivity index (χ3n) is 5.55. The Balaban J connectivity index is 1.50. The molecule has 0 N–H and O–H groups in total. The van der Waals surface area contributed by atoms with Crippen LogP contribution in [0.2, 0.25) is 0 Å². The predicted octanol–water partition coefficient (Wildman–Crippen LogP) is 3.45. The highest BCUT2D eigenvalue weighted by Gasteiger charge is 2.17. The van der Waals surface area contributed by atoms with Gasteiger partial charge in [-0.3, -0.25) is 9.69 Å². The average molecular weight is 361 g/mol. The Labute approximate surface area is 156 Å². The molecule has 3 heterocycles. The standard InChI is InChI=1S/C22H20FN3O/c23-18-7-8-19-21(14-18)26(22(27)20-6-3-10-25(19)20)13-12-24-11-9-16-4-1-2-5-17(16)15-24/h1-8,10,14H,9,11-13,15H2. The zero-order valence-corrected chi connectivity index (χ0v) is 14.9. The lowest BCUT2D eigenvalue weighted by Gasteiger charge is -2.29. The van der Waals surface area contributed by atoms with Crippen molar-refractivity contribution in [3.05, 3.63) is 88.1 Å². The number of hydrogen-bond acceptors (Lipinski definition) is 2. The van der Waals surface area contributed by atoms with Gasteiger partial charge in [0.25, 0.3) is 5.56 Å². The molecule has 2 aromatic heterocycles. The van der Waals surface area contributed by atoms with Gasteiger partial charge in [-0.1, -0.05) is 24.3 Å². The summed E-state index contributed by atoms with van der Waals surface area (Å²) in [5.74, 6) is -0.325. The summed E-state index contributed by atoms with van der Waals surface area (Å²) in [5, 5.41) is 0. The highest BCUT2D eigenvalue weighted by Crippen LogP contribution is 2.20. The van der Waals surface area contributed by atoms with Gasteiger partial charge in [-0.25, -0.2) is 4.39 Å². The minimum atomic E-state index is -0.325. The van der Waals surface area contributed by atoms with Crippen LogP contribution in [0, 0.1) is 5.82 Å². The molecule has 0 fully saturated rings. The number of rotatable bonds is 3. The van der Waals surface area contributed by atoms with Crippen LogP contribution in [0.5, 0.6) is 0 Å². The van der Waals surface area contributed by atoms with E-state index in [4.69, 9.17) is 0 Å². The number of halogens is 1. The summed E-state index contributed by atoms with van der Waals surface area (Å²) in [5.41, 5.74) is 4.80. The molecular formula is C22H20FN3O. The monoisotopic (exact) mass is 361 g/mol. The van der Waals surface area contributed by atoms with E-state index in [1.165, 1.54) is 23.3 Å². The highest BCUT2D eigenvalue weighted by atomic mass is 19.1. The minimum absolute atomic E-state index is 0.0736. The average Bonchev–Trinajstić information content (AvgIpc) is 3.18. The molecule has 0 atom stereocenters. The second kappa shape index (κ2) is 6.35. The Morgan fingerprint density at radius 1 is 0.889 bits per heavy atom. The van der Waals surface area contributed by atoms with Crippen LogP contribution in [-0.4, -0.2) is 27.0 Å². The molecule has 0 radical (unpaired) electrons. The Hall–Kier alpha value is -2.92. The predicted molar refractivity (Wildman–Crippen MR) is 105 cm³/mol. The van der Waals surface area contributed by atoms with Crippen LogP contribution in [0.4, 0.5) is 4.39 Å². The van der Waals surface area contributed by atoms with Gasteiger partial charge in [-0.05, 0) is 47.9 Å². The number of benzene rings is 2. The Morgan fingerprint density at radius 2 is 1.74 bits per heavy atom. The van der Waals surface area contributed by atoms with Crippen molar-refractivity contribution < 1.29 is 4.39 Å². The van der Waals surface area contributed by atoms with Crippen molar-refractivity contribution in [3.63, 3.8) is 0 Å². The first-order valence-corrected chi connectivity index (χ1v) is 9.29. The van der Waals surface area contributed by atoms with Crippen molar-refractivity contribution in [1.29, 1.82) is 0 Å². The molecule has 1 aliphatic heterocycles. The molecule has 27 heavy (non-hydrogen) atoms. The van der Waals surface area contributed by atoms with Crippen molar-refractivity contribution in [2.75, 3.05) is 13.1 Å². The van der Waals surface area contributed by atoms with Gasteiger partial charge in [0.05, 0.1) is 11.0 Å². The zero-order chi connectivity index (χ0) is 18.4. The largest absolute Gasteiger partial charge is 0.310 e. The van der Waals surface area contributed by atoms with Gasteiger partial charge in [-0.2, -0.15) is 0 Å². The van der Waals surface area contributed by atoms with E-state index in [1.807, 2.05) is 22.7 Å². The van der Waals surface area contributed by atoms with Crippen molar-refractivity contribution in [3.8, 4) is 0 Å². The molecule has 5 rings (SSSR count). The molecule has 136 valence electrons. The van der Waals surface area contributed by atoms with Crippen LogP contribution in [-0.2, 0) is 19.5 Å². The van der Waals surface area contributed by atoms with Crippen molar-refractivity contribution in [1.82, 2.24) is 13.9 Å². The van der Waals surface area contributed by atoms with Crippen LogP contribution in [0.25, 0.3) is 16.6 Å². The summed E-state index contributed by atoms with van der Waals surface area (Å²) in [6, 6.07) is 16.8. The van der Waals surface area contributed by atoms with E-state index in [1.54, 1.807) is 10.6 Å². The molecule has 0 bridgehead atoms. The third-order valence-corrected chi connectivity index (χ3v) is 5.55. The Morgan fingerprint density at radius 3 is 2.63 bits per heavy atom. The maximum absolute atomic E-state index is 13.9. The van der Waals surface area contributed by atoms with Gasteiger partial charge in [-0.15, -0.1) is 0 Å². The van der Waals surface area contributed by atoms with Gasteiger partial charge >= 0.3 is 0 Å². The second-order valence-corrected chi connectivity index (χ2v) is 7.15. The van der Waals surface area contributed by atoms with Crippen molar-refractivity contribution >= 4 is 16.6 Å². The summed E-state index contributed by atoms with van der Waals surface area (Å²) < 4.78 is 17.5. The summed E-state index contributed by atoms with van der Waals surface area (Å²) >= 11 is 0. The van der Waals surface area contributed by atoms with Crippen molar-refractivity contribution in [2.24, 2.45) is 0 Å². The normalized spacial score (nSPS) is 14.7. The molecule has 4 aromatic rings. The molecule has 0 spiro atoms. The maximum atomic E-state index is 13.9. The molecule has 0 amide bonds. The molecule has 1 aliphatic rings. The first-order chi connectivity index (χ1) is 13.2. The number of aromatic nitrogens is 2. The van der Waals surface area contributed by atoms with Crippen LogP contribution < -0.4 is 5.56 Å². The minimum Gasteiger partial charge on any atom is -0.310 e. The second-order valence-electron chi connectivity index (χ2n) is 7.15. The molecule has 0 saturated heterocycles. The molecular weight excluding hydrogens is 341 g/mol. The highest BCUT2D eigenvalue weighted by molar-refractivity contribution is 5.79. The fourth-order valence-corrected chi connectivity index (χ4v) is 4.14. The van der Waals surface area contributed by atoms with Crippen LogP contribution in [0.1, 0.15) is 11.1 Å². The topological polar surface area (TPSA) is 29.6 Å². The van der Waals surface area contributed by atoms with Crippen LogP contribution in [0.15, 0.2) is 65.6 Å². The van der Waals surface area contributed by atoms with Gasteiger partial charge in [0.1, 0.15) is 11.3 Å². The van der Waals surface area contributed by atoms with Gasteiger partial charge < -0.3 is 8.97 Å². The lowest BCUT2D eigenvalue weighted by Crippen LogP contribution is -2.35. The van der Waals surface area contributed by atoms with E-state index in [0.717, 1.165) is 31.6 Å². The van der Waals surface area contributed by atoms with E-state index >= 15 is 0 Å². The van der Waals surface area contributed by atoms with Gasteiger partial charge in [0, 0.05) is 32.4 Å².